The van der Waals surface area contributed by atoms with Crippen LogP contribution in [-0.4, -0.2) is 54.4 Å². The van der Waals surface area contributed by atoms with E-state index in [-0.39, 0.29) is 11.8 Å². The zero-order valence-electron chi connectivity index (χ0n) is 14.4. The summed E-state index contributed by atoms with van der Waals surface area (Å²) in [5.74, 6) is 1.13. The van der Waals surface area contributed by atoms with Crippen molar-refractivity contribution in [2.24, 2.45) is 5.92 Å². The van der Waals surface area contributed by atoms with Crippen LogP contribution in [0.3, 0.4) is 0 Å². The van der Waals surface area contributed by atoms with Crippen LogP contribution in [0.15, 0.2) is 24.3 Å². The number of hydrogen-bond donors (Lipinski definition) is 0. The normalized spacial score (nSPS) is 18.6. The van der Waals surface area contributed by atoms with E-state index in [1.807, 2.05) is 36.1 Å². The summed E-state index contributed by atoms with van der Waals surface area (Å²) in [5.41, 5.74) is 1.10. The summed E-state index contributed by atoms with van der Waals surface area (Å²) in [6.07, 6.45) is 0.428. The van der Waals surface area contributed by atoms with Crippen LogP contribution in [0.2, 0.25) is 0 Å². The minimum atomic E-state index is -0.521. The van der Waals surface area contributed by atoms with Crippen LogP contribution in [0, 0.1) is 12.8 Å². The van der Waals surface area contributed by atoms with Gasteiger partial charge >= 0.3 is 0 Å². The van der Waals surface area contributed by atoms with Gasteiger partial charge in [0.05, 0.1) is 0 Å². The largest absolute Gasteiger partial charge is 0.481 e. The van der Waals surface area contributed by atoms with Crippen LogP contribution in [0.4, 0.5) is 0 Å². The second-order valence-electron chi connectivity index (χ2n) is 6.42. The molecule has 1 aliphatic rings. The number of aryl methyl sites for hydroxylation is 1. The van der Waals surface area contributed by atoms with E-state index in [4.69, 9.17) is 4.74 Å². The average molecular weight is 318 g/mol. The van der Waals surface area contributed by atoms with Gasteiger partial charge < -0.3 is 14.5 Å². The minimum absolute atomic E-state index is 0.0345. The quantitative estimate of drug-likeness (QED) is 0.835. The molecule has 0 N–H and O–H groups in total. The van der Waals surface area contributed by atoms with Gasteiger partial charge in [-0.05, 0) is 43.9 Å². The maximum Gasteiger partial charge on any atom is 0.263 e. The summed E-state index contributed by atoms with van der Waals surface area (Å²) in [6.45, 7) is 7.54. The van der Waals surface area contributed by atoms with E-state index < -0.39 is 6.10 Å². The Bertz CT molecular complexity index is 573. The van der Waals surface area contributed by atoms with E-state index in [1.54, 1.807) is 25.8 Å². The molecular formula is C18H26N2O3. The molecule has 1 fully saturated rings. The fraction of sp³-hybridized carbons (Fsp3) is 0.556. The SMILES string of the molecule is CC(=O)N1CC[C@@H](CN(C)C(=O)[C@@H](C)Oc2cccc(C)c2)C1. The predicted octanol–water partition coefficient (Wildman–Crippen LogP) is 2.09. The Labute approximate surface area is 138 Å². The number of rotatable bonds is 5. The number of benzene rings is 1. The molecule has 1 aliphatic heterocycles. The highest BCUT2D eigenvalue weighted by molar-refractivity contribution is 5.80. The smallest absolute Gasteiger partial charge is 0.263 e. The van der Waals surface area contributed by atoms with Crippen molar-refractivity contribution in [2.75, 3.05) is 26.7 Å². The molecule has 0 spiro atoms. The first-order valence-corrected chi connectivity index (χ1v) is 8.10. The number of likely N-dealkylation sites (tertiary alicyclic amines) is 1. The first kappa shape index (κ1) is 17.3. The van der Waals surface area contributed by atoms with Crippen molar-refractivity contribution in [3.05, 3.63) is 29.8 Å². The Hall–Kier alpha value is -2.04. The molecule has 0 aromatic heterocycles. The van der Waals surface area contributed by atoms with Crippen LogP contribution in [0.5, 0.6) is 5.75 Å². The predicted molar refractivity (Wildman–Crippen MR) is 89.3 cm³/mol. The van der Waals surface area contributed by atoms with E-state index in [9.17, 15) is 9.59 Å². The fourth-order valence-electron chi connectivity index (χ4n) is 3.00. The maximum atomic E-state index is 12.5. The van der Waals surface area contributed by atoms with E-state index in [1.165, 1.54) is 0 Å². The van der Waals surface area contributed by atoms with Crippen LogP contribution >= 0.6 is 0 Å². The van der Waals surface area contributed by atoms with Gasteiger partial charge in [0.25, 0.3) is 5.91 Å². The van der Waals surface area contributed by atoms with Crippen LogP contribution < -0.4 is 4.74 Å². The molecule has 2 rings (SSSR count). The minimum Gasteiger partial charge on any atom is -0.481 e. The van der Waals surface area contributed by atoms with Gasteiger partial charge in [-0.15, -0.1) is 0 Å². The standard InChI is InChI=1S/C18H26N2O3/c1-13-6-5-7-17(10-13)23-14(2)18(22)19(4)11-16-8-9-20(12-16)15(3)21/h5-7,10,14,16H,8-9,11-12H2,1-4H3/t14-,16+/m1/s1. The molecule has 5 heteroatoms. The molecule has 0 unspecified atom stereocenters. The highest BCUT2D eigenvalue weighted by Gasteiger charge is 2.28. The molecule has 0 saturated carbocycles. The number of hydrogen-bond acceptors (Lipinski definition) is 3. The second kappa shape index (κ2) is 7.49. The lowest BCUT2D eigenvalue weighted by molar-refractivity contribution is -0.137. The zero-order valence-corrected chi connectivity index (χ0v) is 14.4. The van der Waals surface area contributed by atoms with E-state index in [2.05, 4.69) is 0 Å². The molecule has 23 heavy (non-hydrogen) atoms. The lowest BCUT2D eigenvalue weighted by Gasteiger charge is -2.25. The molecule has 1 aromatic carbocycles. The molecule has 2 atom stereocenters. The van der Waals surface area contributed by atoms with Crippen molar-refractivity contribution in [1.82, 2.24) is 9.80 Å². The first-order valence-electron chi connectivity index (χ1n) is 8.10. The molecule has 1 saturated heterocycles. The molecule has 2 amide bonds. The second-order valence-corrected chi connectivity index (χ2v) is 6.42. The van der Waals surface area contributed by atoms with Crippen molar-refractivity contribution < 1.29 is 14.3 Å². The van der Waals surface area contributed by atoms with Gasteiger partial charge in [0.1, 0.15) is 5.75 Å². The van der Waals surface area contributed by atoms with Crippen molar-refractivity contribution in [2.45, 2.75) is 33.3 Å². The molecule has 126 valence electrons. The van der Waals surface area contributed by atoms with Gasteiger partial charge in [-0.25, -0.2) is 0 Å². The zero-order chi connectivity index (χ0) is 17.0. The maximum absolute atomic E-state index is 12.5. The van der Waals surface area contributed by atoms with Gasteiger partial charge in [-0.3, -0.25) is 9.59 Å². The third-order valence-electron chi connectivity index (χ3n) is 4.29. The summed E-state index contributed by atoms with van der Waals surface area (Å²) >= 11 is 0. The van der Waals surface area contributed by atoms with E-state index in [0.29, 0.717) is 18.2 Å². The lowest BCUT2D eigenvalue weighted by atomic mass is 10.1. The van der Waals surface area contributed by atoms with Gasteiger partial charge in [-0.2, -0.15) is 0 Å². The molecule has 0 aliphatic carbocycles. The number of amides is 2. The topological polar surface area (TPSA) is 49.9 Å². The van der Waals surface area contributed by atoms with Gasteiger partial charge in [-0.1, -0.05) is 12.1 Å². The summed E-state index contributed by atoms with van der Waals surface area (Å²) in [5, 5.41) is 0. The first-order chi connectivity index (χ1) is 10.9. The summed E-state index contributed by atoms with van der Waals surface area (Å²) in [4.78, 5) is 27.4. The van der Waals surface area contributed by atoms with Crippen molar-refractivity contribution in [3.8, 4) is 5.75 Å². The Morgan fingerprint density at radius 2 is 2.17 bits per heavy atom. The van der Waals surface area contributed by atoms with Crippen molar-refractivity contribution in [3.63, 3.8) is 0 Å². The molecule has 5 nitrogen and oxygen atoms in total. The van der Waals surface area contributed by atoms with Crippen LogP contribution in [-0.2, 0) is 9.59 Å². The molecular weight excluding hydrogens is 292 g/mol. The van der Waals surface area contributed by atoms with E-state index >= 15 is 0 Å². The molecule has 1 aromatic rings. The van der Waals surface area contributed by atoms with Crippen LogP contribution in [0.25, 0.3) is 0 Å². The Morgan fingerprint density at radius 1 is 1.43 bits per heavy atom. The molecule has 0 radical (unpaired) electrons. The number of carbonyl (C=O) groups excluding carboxylic acids is 2. The number of likely N-dealkylation sites (N-methyl/N-ethyl adjacent to an activating group) is 1. The third-order valence-corrected chi connectivity index (χ3v) is 4.29. The molecule has 0 bridgehead atoms. The van der Waals surface area contributed by atoms with Crippen LogP contribution in [0.1, 0.15) is 25.8 Å². The highest BCUT2D eigenvalue weighted by atomic mass is 16.5. The number of nitrogens with zero attached hydrogens (tertiary/aromatic N) is 2. The van der Waals surface area contributed by atoms with Crippen molar-refractivity contribution >= 4 is 11.8 Å². The van der Waals surface area contributed by atoms with Crippen molar-refractivity contribution in [1.29, 1.82) is 0 Å². The van der Waals surface area contributed by atoms with Gasteiger partial charge in [0.15, 0.2) is 6.10 Å². The number of carbonyl (C=O) groups is 2. The Kier molecular flexibility index (Phi) is 5.64. The fourth-order valence-corrected chi connectivity index (χ4v) is 3.00. The summed E-state index contributed by atoms with van der Waals surface area (Å²) < 4.78 is 5.75. The highest BCUT2D eigenvalue weighted by Crippen LogP contribution is 2.18. The third kappa shape index (κ3) is 4.71. The summed E-state index contributed by atoms with van der Waals surface area (Å²) in [6, 6.07) is 7.69. The summed E-state index contributed by atoms with van der Waals surface area (Å²) in [7, 11) is 1.80. The molecule has 1 heterocycles. The van der Waals surface area contributed by atoms with Gasteiger partial charge in [0, 0.05) is 33.6 Å². The Balaban J connectivity index is 1.85. The van der Waals surface area contributed by atoms with E-state index in [0.717, 1.165) is 25.1 Å². The lowest BCUT2D eigenvalue weighted by Crippen LogP contribution is -2.41. The number of ether oxygens (including phenoxy) is 1. The monoisotopic (exact) mass is 318 g/mol. The Morgan fingerprint density at radius 3 is 2.78 bits per heavy atom. The van der Waals surface area contributed by atoms with Gasteiger partial charge in [0.2, 0.25) is 5.91 Å². The average Bonchev–Trinajstić information content (AvgIpc) is 2.95.